The Balaban J connectivity index is 1.76. The minimum atomic E-state index is 0.857. The van der Waals surface area contributed by atoms with Gasteiger partial charge in [0.2, 0.25) is 0 Å². The van der Waals surface area contributed by atoms with E-state index in [2.05, 4.69) is 33.9 Å². The number of pyridine rings is 1. The summed E-state index contributed by atoms with van der Waals surface area (Å²) >= 11 is 1.52. The van der Waals surface area contributed by atoms with Crippen LogP contribution in [0.2, 0.25) is 0 Å². The Morgan fingerprint density at radius 3 is 2.85 bits per heavy atom. The van der Waals surface area contributed by atoms with Gasteiger partial charge in [0, 0.05) is 30.6 Å². The lowest BCUT2D eigenvalue weighted by Gasteiger charge is -2.16. The van der Waals surface area contributed by atoms with E-state index in [0.29, 0.717) is 0 Å². The summed E-state index contributed by atoms with van der Waals surface area (Å²) in [6.07, 6.45) is 7.96. The van der Waals surface area contributed by atoms with Gasteiger partial charge in [0.05, 0.1) is 35.1 Å². The Labute approximate surface area is 157 Å². The lowest BCUT2D eigenvalue weighted by Crippen LogP contribution is -2.14. The summed E-state index contributed by atoms with van der Waals surface area (Å²) in [6.45, 7) is 2.07. The molecule has 3 aromatic rings. The third kappa shape index (κ3) is 3.72. The molecule has 0 saturated heterocycles. The Bertz CT molecular complexity index is 929. The van der Waals surface area contributed by atoms with Gasteiger partial charge in [-0.3, -0.25) is 15.1 Å². The van der Waals surface area contributed by atoms with Crippen LogP contribution in [0, 0.1) is 5.41 Å². The molecule has 26 heavy (non-hydrogen) atoms. The van der Waals surface area contributed by atoms with E-state index in [1.165, 1.54) is 18.3 Å². The normalized spacial score (nSPS) is 11.6. The number of rotatable bonds is 7. The molecular formula is C19H22N6S. The number of hydrogen-bond acceptors (Lipinski definition) is 5. The highest BCUT2D eigenvalue weighted by molar-refractivity contribution is 8.00. The predicted octanol–water partition coefficient (Wildman–Crippen LogP) is 4.38. The fourth-order valence-electron chi connectivity index (χ4n) is 2.71. The van der Waals surface area contributed by atoms with Gasteiger partial charge in [-0.1, -0.05) is 25.1 Å². The minimum absolute atomic E-state index is 0.857. The molecule has 0 saturated carbocycles. The van der Waals surface area contributed by atoms with Crippen LogP contribution in [0.15, 0.2) is 53.7 Å². The highest BCUT2D eigenvalue weighted by Gasteiger charge is 2.08. The second kappa shape index (κ2) is 8.05. The van der Waals surface area contributed by atoms with Gasteiger partial charge in [-0.2, -0.15) is 5.10 Å². The van der Waals surface area contributed by atoms with Crippen LogP contribution < -0.4 is 4.72 Å². The first kappa shape index (κ1) is 18.0. The third-order valence-electron chi connectivity index (χ3n) is 4.01. The summed E-state index contributed by atoms with van der Waals surface area (Å²) in [6, 6.07) is 10.1. The largest absolute Gasteiger partial charge is 0.335 e. The predicted molar refractivity (Wildman–Crippen MR) is 109 cm³/mol. The number of nitrogens with zero attached hydrogens (tertiary/aromatic N) is 4. The van der Waals surface area contributed by atoms with Gasteiger partial charge in [0.15, 0.2) is 0 Å². The van der Waals surface area contributed by atoms with Crippen LogP contribution in [-0.2, 0) is 7.05 Å². The van der Waals surface area contributed by atoms with E-state index in [0.717, 1.165) is 39.3 Å². The highest BCUT2D eigenvalue weighted by Crippen LogP contribution is 2.28. The number of hydrogen-bond donors (Lipinski definition) is 2. The lowest BCUT2D eigenvalue weighted by atomic mass is 10.2. The summed E-state index contributed by atoms with van der Waals surface area (Å²) in [5.74, 6) is 0. The van der Waals surface area contributed by atoms with E-state index in [1.54, 1.807) is 4.90 Å². The maximum absolute atomic E-state index is 7.45. The standard InChI is InChI=1S/C19H22N6S/c1-4-6-18(24(2)13-20)16-10-9-15(12-21-16)26-23-17-8-5-7-14-11-22-25(3)19(14)17/h5-13,20,23H,4H2,1-3H3/b18-6-,20-13?. The quantitative estimate of drug-likeness (QED) is 0.369. The van der Waals surface area contributed by atoms with Crippen molar-refractivity contribution in [3.63, 3.8) is 0 Å². The summed E-state index contributed by atoms with van der Waals surface area (Å²) < 4.78 is 5.26. The maximum atomic E-state index is 7.45. The lowest BCUT2D eigenvalue weighted by molar-refractivity contribution is 0.726. The molecule has 0 fully saturated rings. The SMILES string of the molecule is CC/C=C(/c1ccc(SNc2cccc3cnn(C)c23)cn1)N(C)C=N. The highest BCUT2D eigenvalue weighted by atomic mass is 32.2. The van der Waals surface area contributed by atoms with Crippen molar-refractivity contribution < 1.29 is 0 Å². The molecule has 0 radical (unpaired) electrons. The molecule has 0 atom stereocenters. The van der Waals surface area contributed by atoms with Crippen LogP contribution in [0.3, 0.4) is 0 Å². The van der Waals surface area contributed by atoms with Crippen molar-refractivity contribution in [3.8, 4) is 0 Å². The fourth-order valence-corrected chi connectivity index (χ4v) is 3.35. The maximum Gasteiger partial charge on any atom is 0.0918 e. The number of aromatic nitrogens is 3. The molecule has 7 heteroatoms. The first-order valence-electron chi connectivity index (χ1n) is 8.37. The number of benzene rings is 1. The minimum Gasteiger partial charge on any atom is -0.335 e. The third-order valence-corrected chi connectivity index (χ3v) is 4.81. The molecular weight excluding hydrogens is 344 g/mol. The van der Waals surface area contributed by atoms with Crippen molar-refractivity contribution >= 4 is 40.6 Å². The van der Waals surface area contributed by atoms with Crippen molar-refractivity contribution in [2.45, 2.75) is 18.2 Å². The van der Waals surface area contributed by atoms with Gasteiger partial charge in [0.25, 0.3) is 0 Å². The zero-order valence-corrected chi connectivity index (χ0v) is 15.9. The van der Waals surface area contributed by atoms with Gasteiger partial charge in [-0.05, 0) is 36.6 Å². The molecule has 6 nitrogen and oxygen atoms in total. The molecule has 2 aromatic heterocycles. The van der Waals surface area contributed by atoms with E-state index in [9.17, 15) is 0 Å². The summed E-state index contributed by atoms with van der Waals surface area (Å²) in [5, 5.41) is 12.9. The molecule has 1 aromatic carbocycles. The van der Waals surface area contributed by atoms with Crippen LogP contribution in [0.4, 0.5) is 5.69 Å². The number of fused-ring (bicyclic) bond motifs is 1. The van der Waals surface area contributed by atoms with Gasteiger partial charge in [-0.15, -0.1) is 0 Å². The Kier molecular flexibility index (Phi) is 5.58. The van der Waals surface area contributed by atoms with E-state index < -0.39 is 0 Å². The molecule has 0 bridgehead atoms. The molecule has 0 amide bonds. The van der Waals surface area contributed by atoms with Crippen molar-refractivity contribution in [1.29, 1.82) is 5.41 Å². The number of allylic oxidation sites excluding steroid dienone is 1. The van der Waals surface area contributed by atoms with Crippen molar-refractivity contribution in [3.05, 3.63) is 54.5 Å². The average Bonchev–Trinajstić information content (AvgIpc) is 3.06. The summed E-state index contributed by atoms with van der Waals surface area (Å²) in [7, 11) is 3.80. The van der Waals surface area contributed by atoms with Gasteiger partial charge < -0.3 is 9.62 Å². The van der Waals surface area contributed by atoms with Crippen LogP contribution >= 0.6 is 11.9 Å². The molecule has 2 heterocycles. The van der Waals surface area contributed by atoms with Crippen LogP contribution in [-0.4, -0.2) is 33.1 Å². The smallest absolute Gasteiger partial charge is 0.0918 e. The number of para-hydroxylation sites is 1. The van der Waals surface area contributed by atoms with Crippen LogP contribution in [0.5, 0.6) is 0 Å². The van der Waals surface area contributed by atoms with E-state index >= 15 is 0 Å². The van der Waals surface area contributed by atoms with E-state index in [-0.39, 0.29) is 0 Å². The average molecular weight is 366 g/mol. The van der Waals surface area contributed by atoms with Gasteiger partial charge in [0.1, 0.15) is 0 Å². The molecule has 0 unspecified atom stereocenters. The Morgan fingerprint density at radius 1 is 1.31 bits per heavy atom. The molecule has 2 N–H and O–H groups in total. The monoisotopic (exact) mass is 366 g/mol. The van der Waals surface area contributed by atoms with Gasteiger partial charge >= 0.3 is 0 Å². The Morgan fingerprint density at radius 2 is 2.15 bits per heavy atom. The van der Waals surface area contributed by atoms with Crippen molar-refractivity contribution in [1.82, 2.24) is 19.7 Å². The topological polar surface area (TPSA) is 69.8 Å². The Hall–Kier alpha value is -2.80. The van der Waals surface area contributed by atoms with Crippen LogP contribution in [0.1, 0.15) is 19.0 Å². The molecule has 0 aliphatic carbocycles. The van der Waals surface area contributed by atoms with Crippen molar-refractivity contribution in [2.75, 3.05) is 11.8 Å². The fraction of sp³-hybridized carbons (Fsp3) is 0.211. The summed E-state index contributed by atoms with van der Waals surface area (Å²) in [4.78, 5) is 7.34. The summed E-state index contributed by atoms with van der Waals surface area (Å²) in [5.41, 5.74) is 3.89. The zero-order valence-electron chi connectivity index (χ0n) is 15.1. The second-order valence-electron chi connectivity index (χ2n) is 5.83. The molecule has 134 valence electrons. The molecule has 3 rings (SSSR count). The van der Waals surface area contributed by atoms with E-state index in [1.807, 2.05) is 55.4 Å². The molecule has 0 aliphatic rings. The van der Waals surface area contributed by atoms with Crippen LogP contribution in [0.25, 0.3) is 16.6 Å². The van der Waals surface area contributed by atoms with Crippen molar-refractivity contribution in [2.24, 2.45) is 7.05 Å². The first-order valence-corrected chi connectivity index (χ1v) is 9.19. The second-order valence-corrected chi connectivity index (χ2v) is 6.71. The number of nitrogens with one attached hydrogen (secondary N) is 2. The molecule has 0 spiro atoms. The molecule has 0 aliphatic heterocycles. The zero-order chi connectivity index (χ0) is 18.5. The number of anilines is 1. The first-order chi connectivity index (χ1) is 12.6. The van der Waals surface area contributed by atoms with E-state index in [4.69, 9.17) is 5.41 Å². The number of aryl methyl sites for hydroxylation is 1. The van der Waals surface area contributed by atoms with Gasteiger partial charge in [-0.25, -0.2) is 0 Å².